The van der Waals surface area contributed by atoms with Crippen LogP contribution in [0.5, 0.6) is 0 Å². The zero-order valence-electron chi connectivity index (χ0n) is 12.7. The van der Waals surface area contributed by atoms with Crippen LogP contribution in [-0.4, -0.2) is 54.2 Å². The lowest BCUT2D eigenvalue weighted by Crippen LogP contribution is -2.47. The van der Waals surface area contributed by atoms with Crippen molar-refractivity contribution >= 4 is 17.6 Å². The van der Waals surface area contributed by atoms with Gasteiger partial charge in [0, 0.05) is 25.2 Å². The maximum absolute atomic E-state index is 12.2. The van der Waals surface area contributed by atoms with Crippen molar-refractivity contribution in [2.45, 2.75) is 25.9 Å². The summed E-state index contributed by atoms with van der Waals surface area (Å²) >= 11 is 0. The molecule has 120 valence electrons. The zero-order valence-corrected chi connectivity index (χ0v) is 12.7. The van der Waals surface area contributed by atoms with E-state index >= 15 is 0 Å². The molecule has 1 atom stereocenters. The molecule has 2 N–H and O–H groups in total. The lowest BCUT2D eigenvalue weighted by atomic mass is 10.1. The number of benzene rings is 1. The van der Waals surface area contributed by atoms with E-state index in [-0.39, 0.29) is 12.3 Å². The largest absolute Gasteiger partial charge is 0.481 e. The summed E-state index contributed by atoms with van der Waals surface area (Å²) in [6.07, 6.45) is 0.0633. The van der Waals surface area contributed by atoms with E-state index in [4.69, 9.17) is 9.84 Å². The third-order valence-corrected chi connectivity index (χ3v) is 3.71. The van der Waals surface area contributed by atoms with Crippen molar-refractivity contribution in [2.24, 2.45) is 0 Å². The van der Waals surface area contributed by atoms with Gasteiger partial charge >= 0.3 is 5.97 Å². The first-order valence-corrected chi connectivity index (χ1v) is 7.54. The van der Waals surface area contributed by atoms with Crippen molar-refractivity contribution < 1.29 is 19.4 Å². The number of carboxylic acids is 1. The smallest absolute Gasteiger partial charge is 0.303 e. The normalized spacial score (nSPS) is 18.9. The fraction of sp³-hybridized carbons (Fsp3) is 0.500. The van der Waals surface area contributed by atoms with Gasteiger partial charge in [-0.05, 0) is 30.7 Å². The van der Waals surface area contributed by atoms with Gasteiger partial charge in [0.15, 0.2) is 0 Å². The molecule has 0 aromatic heterocycles. The predicted octanol–water partition coefficient (Wildman–Crippen LogP) is 1.36. The van der Waals surface area contributed by atoms with Crippen LogP contribution in [0.4, 0.5) is 5.69 Å². The van der Waals surface area contributed by atoms with E-state index in [9.17, 15) is 9.59 Å². The molecule has 1 unspecified atom stereocenters. The standard InChI is InChI=1S/C16H22N2O4/c1-2-18-8-9-22-14(11-18)16(21)17-13-5-3-4-12(10-13)6-7-15(19)20/h3-5,10,14H,2,6-9,11H2,1H3,(H,17,21)(H,19,20). The Hall–Kier alpha value is -1.92. The number of aryl methyl sites for hydroxylation is 1. The topological polar surface area (TPSA) is 78.9 Å². The fourth-order valence-electron chi connectivity index (χ4n) is 2.43. The molecule has 22 heavy (non-hydrogen) atoms. The Kier molecular flexibility index (Phi) is 5.91. The molecule has 1 aromatic rings. The van der Waals surface area contributed by atoms with E-state index in [1.54, 1.807) is 12.1 Å². The second kappa shape index (κ2) is 7.91. The third-order valence-electron chi connectivity index (χ3n) is 3.71. The average Bonchev–Trinajstić information content (AvgIpc) is 2.53. The Labute approximate surface area is 130 Å². The number of ether oxygens (including phenoxy) is 1. The van der Waals surface area contributed by atoms with E-state index in [2.05, 4.69) is 17.1 Å². The van der Waals surface area contributed by atoms with E-state index in [1.807, 2.05) is 12.1 Å². The minimum Gasteiger partial charge on any atom is -0.481 e. The van der Waals surface area contributed by atoms with E-state index in [1.165, 1.54) is 0 Å². The molecule has 2 rings (SSSR count). The van der Waals surface area contributed by atoms with Crippen LogP contribution in [0.15, 0.2) is 24.3 Å². The van der Waals surface area contributed by atoms with E-state index < -0.39 is 12.1 Å². The number of anilines is 1. The summed E-state index contributed by atoms with van der Waals surface area (Å²) in [4.78, 5) is 25.0. The molecule has 6 heteroatoms. The van der Waals surface area contributed by atoms with Gasteiger partial charge in [-0.15, -0.1) is 0 Å². The third kappa shape index (κ3) is 4.82. The monoisotopic (exact) mass is 306 g/mol. The highest BCUT2D eigenvalue weighted by Gasteiger charge is 2.25. The van der Waals surface area contributed by atoms with Gasteiger partial charge in [0.05, 0.1) is 6.61 Å². The summed E-state index contributed by atoms with van der Waals surface area (Å²) in [6, 6.07) is 7.27. The van der Waals surface area contributed by atoms with Crippen LogP contribution in [-0.2, 0) is 20.7 Å². The molecule has 0 bridgehead atoms. The number of amides is 1. The number of hydrogen-bond acceptors (Lipinski definition) is 4. The van der Waals surface area contributed by atoms with Crippen molar-refractivity contribution in [1.82, 2.24) is 4.90 Å². The summed E-state index contributed by atoms with van der Waals surface area (Å²) in [5.41, 5.74) is 1.56. The summed E-state index contributed by atoms with van der Waals surface area (Å²) in [6.45, 7) is 4.97. The molecule has 0 radical (unpaired) electrons. The van der Waals surface area contributed by atoms with Crippen molar-refractivity contribution in [2.75, 3.05) is 31.6 Å². The van der Waals surface area contributed by atoms with Crippen LogP contribution < -0.4 is 5.32 Å². The highest BCUT2D eigenvalue weighted by atomic mass is 16.5. The van der Waals surface area contributed by atoms with Crippen LogP contribution in [0.2, 0.25) is 0 Å². The van der Waals surface area contributed by atoms with Crippen LogP contribution in [0.3, 0.4) is 0 Å². The maximum atomic E-state index is 12.2. The van der Waals surface area contributed by atoms with Gasteiger partial charge in [0.1, 0.15) is 6.10 Å². The first-order chi connectivity index (χ1) is 10.6. The van der Waals surface area contributed by atoms with Crippen LogP contribution >= 0.6 is 0 Å². The molecular formula is C16H22N2O4. The molecule has 0 spiro atoms. The zero-order chi connectivity index (χ0) is 15.9. The summed E-state index contributed by atoms with van der Waals surface area (Å²) in [7, 11) is 0. The minimum atomic E-state index is -0.829. The number of aliphatic carboxylic acids is 1. The first kappa shape index (κ1) is 16.5. The number of carboxylic acid groups (broad SMARTS) is 1. The van der Waals surface area contributed by atoms with Gasteiger partial charge in [0.25, 0.3) is 5.91 Å². The highest BCUT2D eigenvalue weighted by molar-refractivity contribution is 5.94. The van der Waals surface area contributed by atoms with Crippen LogP contribution in [0, 0.1) is 0 Å². The molecule has 1 amide bonds. The fourth-order valence-corrected chi connectivity index (χ4v) is 2.43. The molecule has 1 aliphatic rings. The van der Waals surface area contributed by atoms with Gasteiger partial charge < -0.3 is 15.2 Å². The Bertz CT molecular complexity index is 533. The molecule has 1 fully saturated rings. The summed E-state index contributed by atoms with van der Waals surface area (Å²) < 4.78 is 5.52. The predicted molar refractivity (Wildman–Crippen MR) is 82.9 cm³/mol. The van der Waals surface area contributed by atoms with Crippen LogP contribution in [0.25, 0.3) is 0 Å². The Morgan fingerprint density at radius 1 is 1.45 bits per heavy atom. The van der Waals surface area contributed by atoms with Crippen molar-refractivity contribution in [1.29, 1.82) is 0 Å². The second-order valence-electron chi connectivity index (χ2n) is 5.34. The van der Waals surface area contributed by atoms with E-state index in [0.29, 0.717) is 25.3 Å². The Morgan fingerprint density at radius 3 is 3.00 bits per heavy atom. The van der Waals surface area contributed by atoms with E-state index in [0.717, 1.165) is 18.7 Å². The second-order valence-corrected chi connectivity index (χ2v) is 5.34. The van der Waals surface area contributed by atoms with Gasteiger partial charge in [-0.2, -0.15) is 0 Å². The molecular weight excluding hydrogens is 284 g/mol. The summed E-state index contributed by atoms with van der Waals surface area (Å²) in [5, 5.41) is 11.6. The molecule has 1 heterocycles. The number of carbonyl (C=O) groups excluding carboxylic acids is 1. The number of nitrogens with one attached hydrogen (secondary N) is 1. The molecule has 6 nitrogen and oxygen atoms in total. The number of morpholine rings is 1. The SMILES string of the molecule is CCN1CCOC(C(=O)Nc2cccc(CCC(=O)O)c2)C1. The quantitative estimate of drug-likeness (QED) is 0.830. The molecule has 1 aromatic carbocycles. The number of carbonyl (C=O) groups is 2. The molecule has 0 aliphatic carbocycles. The molecule has 1 saturated heterocycles. The summed E-state index contributed by atoms with van der Waals surface area (Å²) in [5.74, 6) is -0.988. The lowest BCUT2D eigenvalue weighted by Gasteiger charge is -2.31. The minimum absolute atomic E-state index is 0.0780. The van der Waals surface area contributed by atoms with Gasteiger partial charge in [-0.1, -0.05) is 19.1 Å². The number of nitrogens with zero attached hydrogens (tertiary/aromatic N) is 1. The maximum Gasteiger partial charge on any atom is 0.303 e. The molecule has 0 saturated carbocycles. The van der Waals surface area contributed by atoms with Crippen LogP contribution in [0.1, 0.15) is 18.9 Å². The van der Waals surface area contributed by atoms with Gasteiger partial charge in [-0.3, -0.25) is 14.5 Å². The van der Waals surface area contributed by atoms with Crippen molar-refractivity contribution in [3.8, 4) is 0 Å². The Balaban J connectivity index is 1.93. The van der Waals surface area contributed by atoms with Crippen molar-refractivity contribution in [3.63, 3.8) is 0 Å². The van der Waals surface area contributed by atoms with Gasteiger partial charge in [-0.25, -0.2) is 0 Å². The first-order valence-electron chi connectivity index (χ1n) is 7.54. The molecule has 1 aliphatic heterocycles. The number of likely N-dealkylation sites (N-methyl/N-ethyl adjacent to an activating group) is 1. The Morgan fingerprint density at radius 2 is 2.27 bits per heavy atom. The number of rotatable bonds is 6. The van der Waals surface area contributed by atoms with Gasteiger partial charge in [0.2, 0.25) is 0 Å². The lowest BCUT2D eigenvalue weighted by molar-refractivity contribution is -0.137. The highest BCUT2D eigenvalue weighted by Crippen LogP contribution is 2.14. The van der Waals surface area contributed by atoms with Crippen molar-refractivity contribution in [3.05, 3.63) is 29.8 Å². The average molecular weight is 306 g/mol. The number of hydrogen-bond donors (Lipinski definition) is 2.